The van der Waals surface area contributed by atoms with Crippen LogP contribution in [0.15, 0.2) is 52.9 Å². The summed E-state index contributed by atoms with van der Waals surface area (Å²) in [5, 5.41) is 24.1. The SMILES string of the molecule is Cc1cc2nc(-c3cc(NC(=O)c4ccc(C)c([N+](=O)[O-])c4)ccc3O)oc2cc1C. The number of aromatic nitrogens is 1. The van der Waals surface area contributed by atoms with Crippen LogP contribution in [0.25, 0.3) is 22.6 Å². The van der Waals surface area contributed by atoms with Gasteiger partial charge in [-0.25, -0.2) is 4.98 Å². The number of rotatable bonds is 4. The highest BCUT2D eigenvalue weighted by molar-refractivity contribution is 6.05. The molecule has 2 N–H and O–H groups in total. The fourth-order valence-corrected chi connectivity index (χ4v) is 3.23. The van der Waals surface area contributed by atoms with Crippen molar-refractivity contribution >= 4 is 28.4 Å². The first-order valence-electron chi connectivity index (χ1n) is 9.50. The lowest BCUT2D eigenvalue weighted by atomic mass is 10.1. The second kappa shape index (κ2) is 7.56. The Hall–Kier alpha value is -4.20. The number of carbonyl (C=O) groups excluding carboxylic acids is 1. The molecule has 0 bridgehead atoms. The van der Waals surface area contributed by atoms with Crippen molar-refractivity contribution in [3.05, 3.63) is 80.9 Å². The number of nitrogens with one attached hydrogen (secondary N) is 1. The van der Waals surface area contributed by atoms with Crippen molar-refractivity contribution < 1.29 is 19.2 Å². The summed E-state index contributed by atoms with van der Waals surface area (Å²) in [6.45, 7) is 5.56. The molecule has 1 amide bonds. The van der Waals surface area contributed by atoms with Crippen LogP contribution in [-0.4, -0.2) is 20.9 Å². The standard InChI is InChI=1S/C23H19N3O5/c1-12-4-5-15(10-19(12)26(29)30)22(28)24-16-6-7-20(27)17(11-16)23-25-18-8-13(2)14(3)9-21(18)31-23/h4-11,27H,1-3H3,(H,24,28). The van der Waals surface area contributed by atoms with Crippen LogP contribution in [-0.2, 0) is 0 Å². The smallest absolute Gasteiger partial charge is 0.273 e. The molecule has 0 radical (unpaired) electrons. The van der Waals surface area contributed by atoms with Gasteiger partial charge in [-0.3, -0.25) is 14.9 Å². The molecule has 1 aromatic heterocycles. The van der Waals surface area contributed by atoms with Crippen molar-refractivity contribution in [3.63, 3.8) is 0 Å². The Kier molecular flexibility index (Phi) is 4.90. The van der Waals surface area contributed by atoms with Crippen LogP contribution >= 0.6 is 0 Å². The van der Waals surface area contributed by atoms with E-state index in [0.717, 1.165) is 11.1 Å². The number of phenolic OH excluding ortho intramolecular Hbond substituents is 1. The summed E-state index contributed by atoms with van der Waals surface area (Å²) in [4.78, 5) is 27.7. The van der Waals surface area contributed by atoms with E-state index in [9.17, 15) is 20.0 Å². The van der Waals surface area contributed by atoms with Gasteiger partial charge in [0.05, 0.1) is 10.5 Å². The Morgan fingerprint density at radius 3 is 2.52 bits per heavy atom. The van der Waals surface area contributed by atoms with Gasteiger partial charge in [-0.05, 0) is 68.3 Å². The lowest BCUT2D eigenvalue weighted by molar-refractivity contribution is -0.385. The summed E-state index contributed by atoms with van der Waals surface area (Å²) in [5.74, 6) is -0.341. The molecule has 4 aromatic rings. The molecule has 156 valence electrons. The zero-order valence-electron chi connectivity index (χ0n) is 17.1. The van der Waals surface area contributed by atoms with Crippen LogP contribution in [0.3, 0.4) is 0 Å². The van der Waals surface area contributed by atoms with Crippen LogP contribution in [0.4, 0.5) is 11.4 Å². The highest BCUT2D eigenvalue weighted by Crippen LogP contribution is 2.34. The molecule has 0 saturated heterocycles. The molecule has 0 saturated carbocycles. The van der Waals surface area contributed by atoms with Gasteiger partial charge < -0.3 is 14.8 Å². The van der Waals surface area contributed by atoms with Crippen molar-refractivity contribution in [3.8, 4) is 17.2 Å². The maximum Gasteiger partial charge on any atom is 0.273 e. The van der Waals surface area contributed by atoms with E-state index in [0.29, 0.717) is 27.9 Å². The molecule has 0 fully saturated rings. The second-order valence-corrected chi connectivity index (χ2v) is 7.37. The Labute approximate surface area is 177 Å². The zero-order chi connectivity index (χ0) is 22.3. The predicted octanol–water partition coefficient (Wildman–Crippen LogP) is 5.29. The van der Waals surface area contributed by atoms with E-state index >= 15 is 0 Å². The van der Waals surface area contributed by atoms with Gasteiger partial charge in [0.25, 0.3) is 11.6 Å². The quantitative estimate of drug-likeness (QED) is 0.265. The minimum Gasteiger partial charge on any atom is -0.507 e. The molecule has 8 nitrogen and oxygen atoms in total. The number of nitro benzene ring substituents is 1. The number of hydrogen-bond donors (Lipinski definition) is 2. The van der Waals surface area contributed by atoms with Crippen LogP contribution < -0.4 is 5.32 Å². The molecule has 4 rings (SSSR count). The lowest BCUT2D eigenvalue weighted by Crippen LogP contribution is -2.12. The van der Waals surface area contributed by atoms with Gasteiger partial charge in [0.1, 0.15) is 11.3 Å². The Balaban J connectivity index is 1.66. The molecule has 31 heavy (non-hydrogen) atoms. The second-order valence-electron chi connectivity index (χ2n) is 7.37. The average molecular weight is 417 g/mol. The van der Waals surface area contributed by atoms with Gasteiger partial charge in [-0.1, -0.05) is 6.07 Å². The summed E-state index contributed by atoms with van der Waals surface area (Å²) in [6, 6.07) is 12.6. The van der Waals surface area contributed by atoms with Crippen molar-refractivity contribution in [2.45, 2.75) is 20.8 Å². The number of nitro groups is 1. The maximum atomic E-state index is 12.6. The number of anilines is 1. The van der Waals surface area contributed by atoms with Crippen molar-refractivity contribution in [1.29, 1.82) is 0 Å². The van der Waals surface area contributed by atoms with Crippen molar-refractivity contribution in [2.24, 2.45) is 0 Å². The lowest BCUT2D eigenvalue weighted by Gasteiger charge is -2.08. The Bertz CT molecular complexity index is 1320. The van der Waals surface area contributed by atoms with E-state index in [1.54, 1.807) is 13.0 Å². The minimum atomic E-state index is -0.526. The number of oxazole rings is 1. The normalized spacial score (nSPS) is 10.9. The third-order valence-electron chi connectivity index (χ3n) is 5.16. The number of hydrogen-bond acceptors (Lipinski definition) is 6. The fraction of sp³-hybridized carbons (Fsp3) is 0.130. The number of benzene rings is 3. The monoisotopic (exact) mass is 417 g/mol. The molecule has 0 spiro atoms. The molecular formula is C23H19N3O5. The number of nitrogens with zero attached hydrogens (tertiary/aromatic N) is 2. The summed E-state index contributed by atoms with van der Waals surface area (Å²) in [7, 11) is 0. The van der Waals surface area contributed by atoms with Gasteiger partial charge in [-0.15, -0.1) is 0 Å². The van der Waals surface area contributed by atoms with E-state index in [1.165, 1.54) is 30.3 Å². The van der Waals surface area contributed by atoms with E-state index in [-0.39, 0.29) is 22.9 Å². The van der Waals surface area contributed by atoms with Crippen molar-refractivity contribution in [1.82, 2.24) is 4.98 Å². The van der Waals surface area contributed by atoms with Crippen LogP contribution in [0.5, 0.6) is 5.75 Å². The van der Waals surface area contributed by atoms with Crippen LogP contribution in [0.2, 0.25) is 0 Å². The Morgan fingerprint density at radius 1 is 1.03 bits per heavy atom. The van der Waals surface area contributed by atoms with Gasteiger partial charge >= 0.3 is 0 Å². The Morgan fingerprint density at radius 2 is 1.77 bits per heavy atom. The molecule has 0 unspecified atom stereocenters. The van der Waals surface area contributed by atoms with Gasteiger partial charge in [0, 0.05) is 22.9 Å². The van der Waals surface area contributed by atoms with Crippen LogP contribution in [0.1, 0.15) is 27.0 Å². The summed E-state index contributed by atoms with van der Waals surface area (Å²) in [6.07, 6.45) is 0. The largest absolute Gasteiger partial charge is 0.507 e. The van der Waals surface area contributed by atoms with Crippen molar-refractivity contribution in [2.75, 3.05) is 5.32 Å². The predicted molar refractivity (Wildman–Crippen MR) is 116 cm³/mol. The fourth-order valence-electron chi connectivity index (χ4n) is 3.23. The molecule has 1 heterocycles. The molecule has 0 aliphatic heterocycles. The molecule has 0 aliphatic carbocycles. The number of aryl methyl sites for hydroxylation is 3. The average Bonchev–Trinajstić information content (AvgIpc) is 3.12. The molecule has 8 heteroatoms. The van der Waals surface area contributed by atoms with E-state index in [2.05, 4.69) is 10.3 Å². The van der Waals surface area contributed by atoms with Gasteiger partial charge in [0.15, 0.2) is 5.58 Å². The first kappa shape index (κ1) is 20.1. The summed E-state index contributed by atoms with van der Waals surface area (Å²) < 4.78 is 5.81. The molecular weight excluding hydrogens is 398 g/mol. The first-order valence-corrected chi connectivity index (χ1v) is 9.50. The number of aromatic hydroxyl groups is 1. The third kappa shape index (κ3) is 3.83. The highest BCUT2D eigenvalue weighted by Gasteiger charge is 2.17. The number of phenols is 1. The number of carbonyl (C=O) groups is 1. The van der Waals surface area contributed by atoms with Gasteiger partial charge in [-0.2, -0.15) is 0 Å². The topological polar surface area (TPSA) is 118 Å². The molecule has 3 aromatic carbocycles. The summed E-state index contributed by atoms with van der Waals surface area (Å²) in [5.41, 5.74) is 4.59. The number of fused-ring (bicyclic) bond motifs is 1. The number of amides is 1. The van der Waals surface area contributed by atoms with Crippen LogP contribution in [0, 0.1) is 30.9 Å². The maximum absolute atomic E-state index is 12.6. The molecule has 0 aliphatic rings. The summed E-state index contributed by atoms with van der Waals surface area (Å²) >= 11 is 0. The zero-order valence-corrected chi connectivity index (χ0v) is 17.1. The van der Waals surface area contributed by atoms with E-state index < -0.39 is 10.8 Å². The molecule has 0 atom stereocenters. The van der Waals surface area contributed by atoms with E-state index in [1.807, 2.05) is 26.0 Å². The third-order valence-corrected chi connectivity index (χ3v) is 5.16. The van der Waals surface area contributed by atoms with E-state index in [4.69, 9.17) is 4.42 Å². The highest BCUT2D eigenvalue weighted by atomic mass is 16.6. The minimum absolute atomic E-state index is 0.0519. The van der Waals surface area contributed by atoms with Gasteiger partial charge in [0.2, 0.25) is 5.89 Å². The first-order chi connectivity index (χ1) is 14.7.